The third-order valence-electron chi connectivity index (χ3n) is 6.28. The highest BCUT2D eigenvalue weighted by atomic mass is 35.5. The van der Waals surface area contributed by atoms with Crippen molar-refractivity contribution in [2.75, 3.05) is 4.90 Å². The summed E-state index contributed by atoms with van der Waals surface area (Å²) in [5.74, 6) is -3.42. The highest BCUT2D eigenvalue weighted by molar-refractivity contribution is 6.29. The zero-order valence-corrected chi connectivity index (χ0v) is 18.4. The molecule has 177 valence electrons. The molecule has 0 unspecified atom stereocenters. The Balaban J connectivity index is 1.60. The molecule has 1 aromatic carbocycles. The molecule has 1 radical (unpaired) electrons. The summed E-state index contributed by atoms with van der Waals surface area (Å²) in [5.41, 5.74) is -2.18. The highest BCUT2D eigenvalue weighted by Gasteiger charge is 2.60. The Bertz CT molecular complexity index is 1330. The van der Waals surface area contributed by atoms with Crippen LogP contribution in [0.2, 0.25) is 5.15 Å². The minimum atomic E-state index is -4.69. The molecule has 1 amide bonds. The van der Waals surface area contributed by atoms with E-state index < -0.39 is 48.4 Å². The van der Waals surface area contributed by atoms with E-state index in [0.29, 0.717) is 5.56 Å². The van der Waals surface area contributed by atoms with E-state index in [4.69, 9.17) is 11.6 Å². The Morgan fingerprint density at radius 2 is 1.85 bits per heavy atom. The van der Waals surface area contributed by atoms with Gasteiger partial charge in [0.15, 0.2) is 0 Å². The second-order valence-corrected chi connectivity index (χ2v) is 9.04. The lowest BCUT2D eigenvalue weighted by Crippen LogP contribution is -2.51. The van der Waals surface area contributed by atoms with Gasteiger partial charge < -0.3 is 4.57 Å². The molecule has 5 rings (SSSR count). The van der Waals surface area contributed by atoms with Crippen molar-refractivity contribution in [3.8, 4) is 0 Å². The van der Waals surface area contributed by atoms with Gasteiger partial charge in [-0.1, -0.05) is 11.6 Å². The van der Waals surface area contributed by atoms with E-state index in [-0.39, 0.29) is 33.5 Å². The van der Waals surface area contributed by atoms with Gasteiger partial charge in [-0.05, 0) is 47.9 Å². The third-order valence-corrected chi connectivity index (χ3v) is 6.47. The maximum absolute atomic E-state index is 14.1. The molecule has 3 heterocycles. The summed E-state index contributed by atoms with van der Waals surface area (Å²) in [6.07, 6.45) is -4.44. The molecular weight excluding hydrogens is 481 g/mol. The monoisotopic (exact) mass is 496 g/mol. The number of alkyl halides is 5. The molecular formula is C22H16ClF5N5O. The van der Waals surface area contributed by atoms with Gasteiger partial charge >= 0.3 is 6.18 Å². The van der Waals surface area contributed by atoms with Gasteiger partial charge in [-0.3, -0.25) is 9.69 Å². The molecule has 2 aliphatic rings. The zero-order chi connectivity index (χ0) is 24.6. The number of aryl methyl sites for hydroxylation is 1. The summed E-state index contributed by atoms with van der Waals surface area (Å²) in [6, 6.07) is 4.97. The standard InChI is InChI=1S/C22H16ClF5N5O/c1-11-3-13-14(15(4-11)22(26,27)28)7-33(18(13)34)17-6-12(5-16(23)30-17)20(8-21(24,25)9-20)19-31-29-10-32(19)2/h3-6,10H,1,7-9H2,2H3. The van der Waals surface area contributed by atoms with Gasteiger partial charge in [0, 0.05) is 25.5 Å². The largest absolute Gasteiger partial charge is 0.416 e. The quantitative estimate of drug-likeness (QED) is 0.380. The number of hydrogen-bond donors (Lipinski definition) is 0. The Hall–Kier alpha value is -3.08. The Morgan fingerprint density at radius 3 is 2.44 bits per heavy atom. The highest BCUT2D eigenvalue weighted by Crippen LogP contribution is 2.57. The van der Waals surface area contributed by atoms with E-state index in [2.05, 4.69) is 22.1 Å². The fourth-order valence-electron chi connectivity index (χ4n) is 4.84. The predicted octanol–water partition coefficient (Wildman–Crippen LogP) is 4.94. The minimum absolute atomic E-state index is 0.0407. The number of carbonyl (C=O) groups excluding carboxylic acids is 1. The maximum atomic E-state index is 14.1. The molecule has 1 saturated carbocycles. The fraction of sp³-hybridized carbons (Fsp3) is 0.318. The molecule has 0 N–H and O–H groups in total. The number of benzene rings is 1. The Labute approximate surface area is 195 Å². The summed E-state index contributed by atoms with van der Waals surface area (Å²) in [4.78, 5) is 18.2. The number of aromatic nitrogens is 4. The van der Waals surface area contributed by atoms with E-state index in [0.717, 1.165) is 11.0 Å². The molecule has 1 aliphatic heterocycles. The normalized spacial score (nSPS) is 18.7. The lowest BCUT2D eigenvalue weighted by Gasteiger charge is -2.46. The van der Waals surface area contributed by atoms with E-state index in [1.54, 1.807) is 7.05 Å². The molecule has 34 heavy (non-hydrogen) atoms. The minimum Gasteiger partial charge on any atom is -0.320 e. The molecule has 0 spiro atoms. The topological polar surface area (TPSA) is 63.9 Å². The van der Waals surface area contributed by atoms with Crippen LogP contribution < -0.4 is 4.90 Å². The summed E-state index contributed by atoms with van der Waals surface area (Å²) >= 11 is 6.21. The van der Waals surface area contributed by atoms with Crippen molar-refractivity contribution >= 4 is 23.3 Å². The van der Waals surface area contributed by atoms with E-state index in [1.165, 1.54) is 29.1 Å². The Morgan fingerprint density at radius 1 is 1.15 bits per heavy atom. The average molecular weight is 497 g/mol. The molecule has 1 aliphatic carbocycles. The SMILES string of the molecule is [CH2]c1cc2c(c(C(F)(F)F)c1)CN(c1cc(C3(c4nncn4C)CC(F)(F)C3)cc(Cl)n1)C2=O. The smallest absolute Gasteiger partial charge is 0.320 e. The van der Waals surface area contributed by atoms with Crippen LogP contribution >= 0.6 is 11.6 Å². The van der Waals surface area contributed by atoms with Crippen LogP contribution in [0.1, 0.15) is 51.3 Å². The first-order valence-electron chi connectivity index (χ1n) is 10.1. The van der Waals surface area contributed by atoms with Crippen molar-refractivity contribution in [2.24, 2.45) is 7.05 Å². The van der Waals surface area contributed by atoms with Crippen molar-refractivity contribution < 1.29 is 26.7 Å². The predicted molar refractivity (Wildman–Crippen MR) is 112 cm³/mol. The van der Waals surface area contributed by atoms with Crippen LogP contribution in [-0.2, 0) is 25.2 Å². The molecule has 0 saturated heterocycles. The average Bonchev–Trinajstić information content (AvgIpc) is 3.28. The number of amides is 1. The molecule has 3 aromatic rings. The van der Waals surface area contributed by atoms with E-state index in [9.17, 15) is 26.7 Å². The molecule has 0 atom stereocenters. The number of pyridine rings is 1. The van der Waals surface area contributed by atoms with E-state index >= 15 is 0 Å². The Kier molecular flexibility index (Phi) is 4.81. The molecule has 0 bridgehead atoms. The van der Waals surface area contributed by atoms with E-state index in [1.807, 2.05) is 0 Å². The van der Waals surface area contributed by atoms with Gasteiger partial charge in [0.1, 0.15) is 23.1 Å². The lowest BCUT2D eigenvalue weighted by molar-refractivity contribution is -0.138. The number of rotatable bonds is 3. The van der Waals surface area contributed by atoms with Gasteiger partial charge in [-0.2, -0.15) is 13.2 Å². The van der Waals surface area contributed by atoms with Crippen LogP contribution in [0.4, 0.5) is 27.8 Å². The number of anilines is 1. The first kappa shape index (κ1) is 22.7. The summed E-state index contributed by atoms with van der Waals surface area (Å²) in [6.45, 7) is 3.14. The third kappa shape index (κ3) is 3.44. The van der Waals surface area contributed by atoms with Gasteiger partial charge in [0.25, 0.3) is 11.8 Å². The first-order chi connectivity index (χ1) is 15.8. The summed E-state index contributed by atoms with van der Waals surface area (Å²) < 4.78 is 70.5. The molecule has 6 nitrogen and oxygen atoms in total. The van der Waals surface area contributed by atoms with Gasteiger partial charge in [0.05, 0.1) is 17.5 Å². The van der Waals surface area contributed by atoms with Crippen LogP contribution in [0.15, 0.2) is 30.6 Å². The second kappa shape index (κ2) is 7.21. The van der Waals surface area contributed by atoms with Gasteiger partial charge in [0.2, 0.25) is 0 Å². The van der Waals surface area contributed by atoms with Crippen LogP contribution in [0, 0.1) is 6.92 Å². The van der Waals surface area contributed by atoms with Crippen LogP contribution in [0.25, 0.3) is 0 Å². The lowest BCUT2D eigenvalue weighted by atomic mass is 9.61. The zero-order valence-electron chi connectivity index (χ0n) is 17.6. The van der Waals surface area contributed by atoms with Crippen molar-refractivity contribution in [1.82, 2.24) is 19.7 Å². The number of carbonyl (C=O) groups is 1. The second-order valence-electron chi connectivity index (χ2n) is 8.65. The van der Waals surface area contributed by atoms with Crippen LogP contribution in [0.5, 0.6) is 0 Å². The van der Waals surface area contributed by atoms with Crippen molar-refractivity contribution in [3.05, 3.63) is 76.3 Å². The number of nitrogens with zero attached hydrogens (tertiary/aromatic N) is 5. The number of hydrogen-bond acceptors (Lipinski definition) is 4. The summed E-state index contributed by atoms with van der Waals surface area (Å²) in [7, 11) is 1.62. The van der Waals surface area contributed by atoms with Gasteiger partial charge in [-0.15, -0.1) is 10.2 Å². The first-order valence-corrected chi connectivity index (χ1v) is 10.5. The maximum Gasteiger partial charge on any atom is 0.416 e. The number of halogens is 6. The van der Waals surface area contributed by atoms with Crippen molar-refractivity contribution in [3.63, 3.8) is 0 Å². The molecule has 2 aromatic heterocycles. The molecule has 1 fully saturated rings. The van der Waals surface area contributed by atoms with Crippen molar-refractivity contribution in [1.29, 1.82) is 0 Å². The van der Waals surface area contributed by atoms with Crippen LogP contribution in [0.3, 0.4) is 0 Å². The van der Waals surface area contributed by atoms with Gasteiger partial charge in [-0.25, -0.2) is 13.8 Å². The number of fused-ring (bicyclic) bond motifs is 1. The van der Waals surface area contributed by atoms with Crippen LogP contribution in [-0.4, -0.2) is 31.6 Å². The van der Waals surface area contributed by atoms with Crippen molar-refractivity contribution in [2.45, 2.75) is 36.9 Å². The molecule has 12 heteroatoms. The fourth-order valence-corrected chi connectivity index (χ4v) is 5.05. The summed E-state index contributed by atoms with van der Waals surface area (Å²) in [5, 5.41) is 7.70.